The number of methoxy groups -OCH3 is 1. The van der Waals surface area contributed by atoms with Crippen LogP contribution in [0, 0.1) is 18.6 Å². The van der Waals surface area contributed by atoms with Gasteiger partial charge in [-0.05, 0) is 62.7 Å². The molecule has 2 unspecified atom stereocenters. The summed E-state index contributed by atoms with van der Waals surface area (Å²) in [6.07, 6.45) is 2.86. The lowest BCUT2D eigenvalue weighted by atomic mass is 9.93. The highest BCUT2D eigenvalue weighted by Crippen LogP contribution is 2.48. The first-order valence-electron chi connectivity index (χ1n) is 16.9. The molecule has 2 fully saturated rings. The van der Waals surface area contributed by atoms with Crippen molar-refractivity contribution in [2.75, 3.05) is 50.1 Å². The predicted molar refractivity (Wildman–Crippen MR) is 194 cm³/mol. The van der Waals surface area contributed by atoms with Crippen LogP contribution >= 0.6 is 11.6 Å². The third-order valence-corrected chi connectivity index (χ3v) is 10.6. The number of pyridine rings is 2. The fourth-order valence-corrected chi connectivity index (χ4v) is 8.20. The van der Waals surface area contributed by atoms with E-state index in [-0.39, 0.29) is 81.4 Å². The van der Waals surface area contributed by atoms with Gasteiger partial charge in [-0.25, -0.2) is 8.78 Å². The molecule has 3 aliphatic heterocycles. The first kappa shape index (κ1) is 34.6. The number of carbonyl (C=O) groups is 2. The molecule has 51 heavy (non-hydrogen) atoms. The molecule has 13 heteroatoms. The van der Waals surface area contributed by atoms with Gasteiger partial charge in [0.05, 0.1) is 52.9 Å². The quantitative estimate of drug-likeness (QED) is 0.238. The number of rotatable bonds is 6. The van der Waals surface area contributed by atoms with Gasteiger partial charge in [0.2, 0.25) is 5.91 Å². The zero-order chi connectivity index (χ0) is 36.6. The summed E-state index contributed by atoms with van der Waals surface area (Å²) in [5.74, 6) is -2.46. The van der Waals surface area contributed by atoms with Crippen LogP contribution in [0.3, 0.4) is 0 Å². The zero-order valence-corrected chi connectivity index (χ0v) is 30.1. The van der Waals surface area contributed by atoms with Crippen molar-refractivity contribution >= 4 is 45.7 Å². The van der Waals surface area contributed by atoms with Gasteiger partial charge in [0.15, 0.2) is 5.82 Å². The molecule has 7 rings (SSSR count). The average Bonchev–Trinajstić information content (AvgIpc) is 3.08. The Morgan fingerprint density at radius 2 is 1.80 bits per heavy atom. The van der Waals surface area contributed by atoms with Gasteiger partial charge >= 0.3 is 0 Å². The van der Waals surface area contributed by atoms with E-state index in [1.54, 1.807) is 33.0 Å². The first-order valence-corrected chi connectivity index (χ1v) is 17.3. The van der Waals surface area contributed by atoms with E-state index in [4.69, 9.17) is 16.3 Å². The van der Waals surface area contributed by atoms with Crippen LogP contribution in [0.15, 0.2) is 54.0 Å². The van der Waals surface area contributed by atoms with E-state index in [1.807, 2.05) is 39.6 Å². The number of anilines is 2. The van der Waals surface area contributed by atoms with Crippen molar-refractivity contribution in [2.24, 2.45) is 0 Å². The molecule has 2 amide bonds. The molecule has 0 bridgehead atoms. The summed E-state index contributed by atoms with van der Waals surface area (Å²) in [7, 11) is 3.28. The zero-order valence-electron chi connectivity index (χ0n) is 29.3. The molecule has 0 spiro atoms. The number of aryl methyl sites for hydroxylation is 1. The molecule has 266 valence electrons. The summed E-state index contributed by atoms with van der Waals surface area (Å²) in [6.45, 7) is 12.4. The number of amides is 2. The summed E-state index contributed by atoms with van der Waals surface area (Å²) < 4.78 is 40.2. The normalized spacial score (nSPS) is 19.3. The molecule has 0 radical (unpaired) electrons. The van der Waals surface area contributed by atoms with Gasteiger partial charge in [-0.15, -0.1) is 0 Å². The number of carbonyl (C=O) groups excluding carboxylic acids is 2. The minimum Gasteiger partial charge on any atom is -0.496 e. The molecule has 2 aromatic heterocycles. The van der Waals surface area contributed by atoms with E-state index >= 15 is 13.6 Å². The standard InChI is InChI=1S/C38H39ClF2N6O4/c1-8-28(48)44-18-26-37(49)46(22-16-43(6)17-22)36-35(45(26)15-21(44)5)23-14-24(39)29(30-25(40)10-9-11-27(30)51-7)31(41)34(23)47(38(36)50)33-20(4)12-13-42-32(33)19(2)3/h8-14,19,21-22,26H,1,15-18H2,2-7H3. The van der Waals surface area contributed by atoms with Crippen LogP contribution in [0.1, 0.15) is 37.9 Å². The Morgan fingerprint density at radius 3 is 2.45 bits per heavy atom. The Bertz CT molecular complexity index is 2200. The van der Waals surface area contributed by atoms with Gasteiger partial charge in [-0.2, -0.15) is 0 Å². The van der Waals surface area contributed by atoms with Gasteiger partial charge in [0, 0.05) is 42.8 Å². The summed E-state index contributed by atoms with van der Waals surface area (Å²) >= 11 is 6.98. The molecule has 3 aliphatic rings. The highest BCUT2D eigenvalue weighted by atomic mass is 35.5. The molecular weight excluding hydrogens is 678 g/mol. The van der Waals surface area contributed by atoms with Crippen LogP contribution in [0.25, 0.3) is 27.7 Å². The molecule has 5 heterocycles. The van der Waals surface area contributed by atoms with Crippen molar-refractivity contribution in [1.29, 1.82) is 0 Å². The highest BCUT2D eigenvalue weighted by Gasteiger charge is 2.50. The van der Waals surface area contributed by atoms with E-state index in [2.05, 4.69) is 11.6 Å². The number of halogens is 3. The monoisotopic (exact) mass is 716 g/mol. The number of piperazine rings is 1. The number of ether oxygens (including phenoxy) is 1. The van der Waals surface area contributed by atoms with Crippen LogP contribution in [0.2, 0.25) is 5.02 Å². The summed E-state index contributed by atoms with van der Waals surface area (Å²) in [5.41, 5.74) is 0.772. The Hall–Kier alpha value is -4.81. The van der Waals surface area contributed by atoms with Crippen molar-refractivity contribution in [3.05, 3.63) is 87.5 Å². The predicted octanol–water partition coefficient (Wildman–Crippen LogP) is 5.68. The summed E-state index contributed by atoms with van der Waals surface area (Å²) in [4.78, 5) is 54.6. The summed E-state index contributed by atoms with van der Waals surface area (Å²) in [5, 5.41) is 0.148. The van der Waals surface area contributed by atoms with E-state index < -0.39 is 23.2 Å². The Labute approximate surface area is 299 Å². The smallest absolute Gasteiger partial charge is 0.281 e. The van der Waals surface area contributed by atoms with Crippen LogP contribution in [-0.2, 0) is 9.59 Å². The molecule has 4 aromatic rings. The van der Waals surface area contributed by atoms with Gasteiger partial charge in [0.1, 0.15) is 23.3 Å². The van der Waals surface area contributed by atoms with Crippen LogP contribution < -0.4 is 20.1 Å². The Balaban J connectivity index is 1.66. The second-order valence-electron chi connectivity index (χ2n) is 13.9. The lowest BCUT2D eigenvalue weighted by Gasteiger charge is -2.53. The molecule has 0 N–H and O–H groups in total. The van der Waals surface area contributed by atoms with Gasteiger partial charge in [0.25, 0.3) is 11.5 Å². The second kappa shape index (κ2) is 12.8. The molecule has 2 aromatic carbocycles. The number of likely N-dealkylation sites (N-methyl/N-ethyl adjacent to an activating group) is 1. The molecule has 0 saturated carbocycles. The van der Waals surface area contributed by atoms with Crippen LogP contribution in [0.5, 0.6) is 5.75 Å². The minimum atomic E-state index is -0.935. The van der Waals surface area contributed by atoms with Crippen LogP contribution in [0.4, 0.5) is 20.2 Å². The lowest BCUT2D eigenvalue weighted by Crippen LogP contribution is -2.71. The maximum absolute atomic E-state index is 17.8. The largest absolute Gasteiger partial charge is 0.496 e. The topological polar surface area (TPSA) is 91.2 Å². The second-order valence-corrected chi connectivity index (χ2v) is 14.3. The van der Waals surface area contributed by atoms with Gasteiger partial charge < -0.3 is 19.4 Å². The van der Waals surface area contributed by atoms with Crippen molar-refractivity contribution in [2.45, 2.75) is 51.7 Å². The third kappa shape index (κ3) is 5.21. The van der Waals surface area contributed by atoms with Gasteiger partial charge in [-0.3, -0.25) is 28.8 Å². The van der Waals surface area contributed by atoms with E-state index in [0.717, 1.165) is 0 Å². The number of aromatic nitrogens is 2. The maximum atomic E-state index is 17.8. The SMILES string of the molecule is C=CC(=O)N1CC2C(=O)N(C3CN(C)C3)c3c(c4cc(Cl)c(-c5c(F)cccc5OC)c(F)c4n(-c4c(C)ccnc4C(C)C)c3=O)N2CC1C. The fourth-order valence-electron chi connectivity index (χ4n) is 7.92. The highest BCUT2D eigenvalue weighted by molar-refractivity contribution is 6.35. The number of fused-ring (bicyclic) bond motifs is 5. The number of benzene rings is 2. The fraction of sp³-hybridized carbons (Fsp3) is 0.368. The number of hydrogen-bond acceptors (Lipinski definition) is 7. The van der Waals surface area contributed by atoms with Crippen molar-refractivity contribution in [3.8, 4) is 22.6 Å². The van der Waals surface area contributed by atoms with Gasteiger partial charge in [-0.1, -0.05) is 38.1 Å². The minimum absolute atomic E-state index is 0.0356. The van der Waals surface area contributed by atoms with E-state index in [9.17, 15) is 9.59 Å². The average molecular weight is 717 g/mol. The molecular formula is C38H39ClF2N6O4. The maximum Gasteiger partial charge on any atom is 0.281 e. The van der Waals surface area contributed by atoms with Crippen LogP contribution in [-0.4, -0.2) is 89.6 Å². The molecule has 2 saturated heterocycles. The lowest BCUT2D eigenvalue weighted by molar-refractivity contribution is -0.131. The van der Waals surface area contributed by atoms with Crippen molar-refractivity contribution < 1.29 is 23.1 Å². The van der Waals surface area contributed by atoms with E-state index in [1.165, 1.54) is 36.0 Å². The number of nitrogens with zero attached hydrogens (tertiary/aromatic N) is 6. The van der Waals surface area contributed by atoms with Crippen molar-refractivity contribution in [1.82, 2.24) is 19.4 Å². The molecule has 10 nitrogen and oxygen atoms in total. The molecule has 2 atom stereocenters. The number of hydrogen-bond donors (Lipinski definition) is 0. The molecule has 0 aliphatic carbocycles. The number of likely N-dealkylation sites (tertiary alicyclic amines) is 1. The first-order chi connectivity index (χ1) is 24.3. The Kier molecular flexibility index (Phi) is 8.66. The Morgan fingerprint density at radius 1 is 1.08 bits per heavy atom. The van der Waals surface area contributed by atoms with E-state index in [0.29, 0.717) is 35.7 Å². The summed E-state index contributed by atoms with van der Waals surface area (Å²) in [6, 6.07) is 5.82. The third-order valence-electron chi connectivity index (χ3n) is 10.3. The van der Waals surface area contributed by atoms with Crippen molar-refractivity contribution in [3.63, 3.8) is 0 Å².